The molecule has 84 valence electrons. The Hall–Kier alpha value is -2.17. The number of hydrogen-bond acceptors (Lipinski definition) is 3. The lowest BCUT2D eigenvalue weighted by molar-refractivity contribution is -0.383. The summed E-state index contributed by atoms with van der Waals surface area (Å²) in [7, 11) is 0. The molecule has 0 aromatic heterocycles. The van der Waals surface area contributed by atoms with Crippen molar-refractivity contribution in [2.45, 2.75) is 13.8 Å². The molecule has 0 aliphatic heterocycles. The fourth-order valence-corrected chi connectivity index (χ4v) is 1.17. The van der Waals surface area contributed by atoms with Crippen LogP contribution in [0.5, 0.6) is 0 Å². The molecule has 0 aliphatic rings. The first kappa shape index (κ1) is 11.9. The number of nitrogens with zero attached hydrogens (tertiary/aromatic N) is 1. The number of rotatable bonds is 3. The largest absolute Gasteiger partial charge is 0.317 e. The molecule has 0 radical (unpaired) electrons. The summed E-state index contributed by atoms with van der Waals surface area (Å²) in [5, 5.41) is 13.1. The van der Waals surface area contributed by atoms with Gasteiger partial charge in [-0.3, -0.25) is 14.9 Å². The first-order valence-corrected chi connectivity index (χ1v) is 4.70. The lowest BCUT2D eigenvalue weighted by atomic mass is 10.2. The summed E-state index contributed by atoms with van der Waals surface area (Å²) in [6, 6.07) is 6.02. The van der Waals surface area contributed by atoms with Crippen molar-refractivity contribution in [3.05, 3.63) is 46.0 Å². The van der Waals surface area contributed by atoms with Gasteiger partial charge in [0.15, 0.2) is 0 Å². The molecule has 16 heavy (non-hydrogen) atoms. The Morgan fingerprint density at radius 3 is 2.56 bits per heavy atom. The van der Waals surface area contributed by atoms with Crippen LogP contribution in [0, 0.1) is 10.1 Å². The summed E-state index contributed by atoms with van der Waals surface area (Å²) in [4.78, 5) is 21.5. The third-order valence-electron chi connectivity index (χ3n) is 1.78. The van der Waals surface area contributed by atoms with Gasteiger partial charge >= 0.3 is 0 Å². The molecule has 5 heteroatoms. The zero-order valence-electron chi connectivity index (χ0n) is 9.06. The van der Waals surface area contributed by atoms with E-state index < -0.39 is 4.92 Å². The van der Waals surface area contributed by atoms with Crippen molar-refractivity contribution in [2.24, 2.45) is 0 Å². The van der Waals surface area contributed by atoms with Gasteiger partial charge in [0.2, 0.25) is 5.91 Å². The van der Waals surface area contributed by atoms with Crippen LogP contribution in [0.15, 0.2) is 35.9 Å². The number of para-hydroxylation sites is 2. The molecule has 0 saturated heterocycles. The van der Waals surface area contributed by atoms with Gasteiger partial charge in [0.25, 0.3) is 5.69 Å². The maximum atomic E-state index is 11.4. The van der Waals surface area contributed by atoms with Crippen molar-refractivity contribution in [3.63, 3.8) is 0 Å². The summed E-state index contributed by atoms with van der Waals surface area (Å²) < 4.78 is 0. The minimum Gasteiger partial charge on any atom is -0.317 e. The quantitative estimate of drug-likeness (QED) is 0.483. The van der Waals surface area contributed by atoms with Gasteiger partial charge in [-0.25, -0.2) is 0 Å². The number of carbonyl (C=O) groups is 1. The van der Waals surface area contributed by atoms with Gasteiger partial charge in [-0.2, -0.15) is 0 Å². The molecule has 0 fully saturated rings. The van der Waals surface area contributed by atoms with E-state index in [-0.39, 0.29) is 17.3 Å². The van der Waals surface area contributed by atoms with E-state index >= 15 is 0 Å². The Bertz CT molecular complexity index is 448. The third kappa shape index (κ3) is 3.20. The number of benzene rings is 1. The summed E-state index contributed by atoms with van der Waals surface area (Å²) in [5.74, 6) is -0.366. The molecule has 0 aliphatic carbocycles. The van der Waals surface area contributed by atoms with Crippen molar-refractivity contribution in [1.29, 1.82) is 0 Å². The zero-order chi connectivity index (χ0) is 12.1. The Morgan fingerprint density at radius 2 is 2.00 bits per heavy atom. The van der Waals surface area contributed by atoms with E-state index in [0.717, 1.165) is 5.57 Å². The van der Waals surface area contributed by atoms with Crippen LogP contribution < -0.4 is 5.32 Å². The van der Waals surface area contributed by atoms with Gasteiger partial charge in [-0.15, -0.1) is 0 Å². The smallest absolute Gasteiger partial charge is 0.292 e. The molecule has 1 aromatic rings. The first-order chi connectivity index (χ1) is 7.50. The van der Waals surface area contributed by atoms with Crippen LogP contribution in [0.25, 0.3) is 0 Å². The maximum absolute atomic E-state index is 11.4. The number of amides is 1. The van der Waals surface area contributed by atoms with E-state index in [1.54, 1.807) is 26.0 Å². The molecule has 0 atom stereocenters. The molecular weight excluding hydrogens is 208 g/mol. The van der Waals surface area contributed by atoms with Crippen LogP contribution in [0.2, 0.25) is 0 Å². The number of carbonyl (C=O) groups excluding carboxylic acids is 1. The minimum absolute atomic E-state index is 0.113. The van der Waals surface area contributed by atoms with Crippen LogP contribution in [0.1, 0.15) is 13.8 Å². The number of anilines is 1. The molecule has 1 rings (SSSR count). The lowest BCUT2D eigenvalue weighted by Gasteiger charge is -2.02. The highest BCUT2D eigenvalue weighted by Crippen LogP contribution is 2.22. The summed E-state index contributed by atoms with van der Waals surface area (Å²) in [6.45, 7) is 3.55. The van der Waals surface area contributed by atoms with E-state index in [0.29, 0.717) is 0 Å². The van der Waals surface area contributed by atoms with Gasteiger partial charge in [-0.1, -0.05) is 17.7 Å². The minimum atomic E-state index is -0.530. The Kier molecular flexibility index (Phi) is 3.77. The van der Waals surface area contributed by atoms with Crippen LogP contribution in [-0.2, 0) is 4.79 Å². The normalized spacial score (nSPS) is 9.38. The van der Waals surface area contributed by atoms with Gasteiger partial charge in [-0.05, 0) is 19.9 Å². The fourth-order valence-electron chi connectivity index (χ4n) is 1.17. The maximum Gasteiger partial charge on any atom is 0.292 e. The standard InChI is InChI=1S/C11H12N2O3/c1-8(2)7-11(14)12-9-5-3-4-6-10(9)13(15)16/h3-7H,1-2H3,(H,12,14). The number of allylic oxidation sites excluding steroid dienone is 1. The summed E-state index contributed by atoms with van der Waals surface area (Å²) in [6.07, 6.45) is 1.39. The molecule has 0 heterocycles. The van der Waals surface area contributed by atoms with Gasteiger partial charge in [0.05, 0.1) is 4.92 Å². The van der Waals surface area contributed by atoms with E-state index in [1.165, 1.54) is 18.2 Å². The highest BCUT2D eigenvalue weighted by molar-refractivity contribution is 6.01. The highest BCUT2D eigenvalue weighted by Gasteiger charge is 2.13. The Labute approximate surface area is 92.9 Å². The number of hydrogen-bond donors (Lipinski definition) is 1. The Balaban J connectivity index is 2.93. The van der Waals surface area contributed by atoms with Gasteiger partial charge in [0, 0.05) is 12.1 Å². The van der Waals surface area contributed by atoms with Crippen molar-refractivity contribution in [2.75, 3.05) is 5.32 Å². The number of nitro groups is 1. The van der Waals surface area contributed by atoms with Gasteiger partial charge < -0.3 is 5.32 Å². The second-order valence-corrected chi connectivity index (χ2v) is 3.49. The van der Waals surface area contributed by atoms with E-state index in [2.05, 4.69) is 5.32 Å². The Morgan fingerprint density at radius 1 is 1.38 bits per heavy atom. The average molecular weight is 220 g/mol. The number of nitrogens with one attached hydrogen (secondary N) is 1. The van der Waals surface area contributed by atoms with Crippen LogP contribution in [0.4, 0.5) is 11.4 Å². The van der Waals surface area contributed by atoms with Crippen LogP contribution in [-0.4, -0.2) is 10.8 Å². The third-order valence-corrected chi connectivity index (χ3v) is 1.78. The zero-order valence-corrected chi connectivity index (χ0v) is 9.06. The first-order valence-electron chi connectivity index (χ1n) is 4.70. The molecule has 1 aromatic carbocycles. The molecule has 1 amide bonds. The molecule has 0 saturated carbocycles. The SMILES string of the molecule is CC(C)=CC(=O)Nc1ccccc1[N+](=O)[O-]. The second-order valence-electron chi connectivity index (χ2n) is 3.49. The molecule has 5 nitrogen and oxygen atoms in total. The topological polar surface area (TPSA) is 72.2 Å². The predicted molar refractivity (Wildman–Crippen MR) is 61.2 cm³/mol. The monoisotopic (exact) mass is 220 g/mol. The van der Waals surface area contributed by atoms with E-state index in [9.17, 15) is 14.9 Å². The fraction of sp³-hybridized carbons (Fsp3) is 0.182. The van der Waals surface area contributed by atoms with Gasteiger partial charge in [0.1, 0.15) is 5.69 Å². The molecular formula is C11H12N2O3. The van der Waals surface area contributed by atoms with Crippen molar-refractivity contribution in [3.8, 4) is 0 Å². The molecule has 1 N–H and O–H groups in total. The van der Waals surface area contributed by atoms with Crippen LogP contribution >= 0.6 is 0 Å². The van der Waals surface area contributed by atoms with Crippen molar-refractivity contribution < 1.29 is 9.72 Å². The predicted octanol–water partition coefficient (Wildman–Crippen LogP) is 2.50. The molecule has 0 bridgehead atoms. The average Bonchev–Trinajstić information content (AvgIpc) is 2.16. The molecule has 0 spiro atoms. The molecule has 0 unspecified atom stereocenters. The van der Waals surface area contributed by atoms with Crippen LogP contribution in [0.3, 0.4) is 0 Å². The van der Waals surface area contributed by atoms with Crippen molar-refractivity contribution >= 4 is 17.3 Å². The number of nitro benzene ring substituents is 1. The summed E-state index contributed by atoms with van der Waals surface area (Å²) in [5.41, 5.74) is 0.920. The van der Waals surface area contributed by atoms with E-state index in [1.807, 2.05) is 0 Å². The van der Waals surface area contributed by atoms with Crippen molar-refractivity contribution in [1.82, 2.24) is 0 Å². The summed E-state index contributed by atoms with van der Waals surface area (Å²) >= 11 is 0. The lowest BCUT2D eigenvalue weighted by Crippen LogP contribution is -2.10. The second kappa shape index (κ2) is 5.06. The van der Waals surface area contributed by atoms with E-state index in [4.69, 9.17) is 0 Å². The highest BCUT2D eigenvalue weighted by atomic mass is 16.6.